The normalized spacial score (nSPS) is 9.38. The quantitative estimate of drug-likeness (QED) is 0.393. The summed E-state index contributed by atoms with van der Waals surface area (Å²) in [7, 11) is 0. The van der Waals surface area contributed by atoms with Crippen LogP contribution in [0.2, 0.25) is 0 Å². The largest absolute Gasteiger partial charge is 0.352 e. The number of carbonyl (C=O) groups is 1. The van der Waals surface area contributed by atoms with Crippen LogP contribution in [-0.4, -0.2) is 19.0 Å². The molecule has 0 saturated carbocycles. The van der Waals surface area contributed by atoms with Crippen LogP contribution in [-0.2, 0) is 0 Å². The van der Waals surface area contributed by atoms with Gasteiger partial charge in [0.15, 0.2) is 0 Å². The lowest BCUT2D eigenvalue weighted by Crippen LogP contribution is -2.25. The van der Waals surface area contributed by atoms with E-state index in [0.717, 1.165) is 6.07 Å². The van der Waals surface area contributed by atoms with Crippen molar-refractivity contribution >= 4 is 21.8 Å². The minimum Gasteiger partial charge on any atom is -0.352 e. The zero-order valence-corrected chi connectivity index (χ0v) is 9.74. The van der Waals surface area contributed by atoms with Crippen LogP contribution in [0.25, 0.3) is 10.4 Å². The van der Waals surface area contributed by atoms with Crippen LogP contribution in [0.5, 0.6) is 0 Å². The first-order valence-electron chi connectivity index (χ1n) is 4.38. The molecule has 1 amide bonds. The molecule has 0 bridgehead atoms. The molecule has 5 nitrogen and oxygen atoms in total. The minimum atomic E-state index is -0.491. The van der Waals surface area contributed by atoms with Gasteiger partial charge in [-0.2, -0.15) is 0 Å². The summed E-state index contributed by atoms with van der Waals surface area (Å²) in [5.41, 5.74) is 8.23. The van der Waals surface area contributed by atoms with Crippen molar-refractivity contribution in [3.63, 3.8) is 0 Å². The third-order valence-corrected chi connectivity index (χ3v) is 2.14. The van der Waals surface area contributed by atoms with Gasteiger partial charge in [-0.25, -0.2) is 4.39 Å². The van der Waals surface area contributed by atoms with Crippen LogP contribution in [0.4, 0.5) is 4.39 Å². The van der Waals surface area contributed by atoms with Gasteiger partial charge in [0.1, 0.15) is 5.82 Å². The van der Waals surface area contributed by atoms with Gasteiger partial charge in [0, 0.05) is 28.0 Å². The fourth-order valence-corrected chi connectivity index (χ4v) is 1.52. The topological polar surface area (TPSA) is 77.9 Å². The van der Waals surface area contributed by atoms with Crippen LogP contribution >= 0.6 is 15.9 Å². The van der Waals surface area contributed by atoms with Crippen molar-refractivity contribution in [1.82, 2.24) is 5.32 Å². The highest BCUT2D eigenvalue weighted by Crippen LogP contribution is 2.14. The lowest BCUT2D eigenvalue weighted by atomic mass is 10.2. The standard InChI is InChI=1S/C9H8BrFN4O/c10-7-3-6(4-8(11)5-7)9(16)13-1-2-14-15-12/h3-5H,1-2H2,(H,13,16). The molecular formula is C9H8BrFN4O. The number of nitrogens with zero attached hydrogens (tertiary/aromatic N) is 3. The number of hydrogen-bond acceptors (Lipinski definition) is 2. The number of amides is 1. The summed E-state index contributed by atoms with van der Waals surface area (Å²) in [6.45, 7) is 0.385. The van der Waals surface area contributed by atoms with Crippen LogP contribution in [0.15, 0.2) is 27.8 Å². The molecule has 1 aromatic carbocycles. The van der Waals surface area contributed by atoms with Crippen LogP contribution < -0.4 is 5.32 Å². The Balaban J connectivity index is 2.62. The van der Waals surface area contributed by atoms with Gasteiger partial charge in [-0.15, -0.1) is 0 Å². The van der Waals surface area contributed by atoms with Crippen LogP contribution in [0, 0.1) is 5.82 Å². The number of azide groups is 1. The summed E-state index contributed by atoms with van der Waals surface area (Å²) >= 11 is 3.09. The van der Waals surface area contributed by atoms with Crippen LogP contribution in [0.1, 0.15) is 10.4 Å². The number of nitrogens with one attached hydrogen (secondary N) is 1. The Labute approximate surface area is 99.4 Å². The third-order valence-electron chi connectivity index (χ3n) is 1.69. The van der Waals surface area contributed by atoms with Crippen LogP contribution in [0.3, 0.4) is 0 Å². The van der Waals surface area contributed by atoms with Crippen molar-refractivity contribution in [1.29, 1.82) is 0 Å². The predicted molar refractivity (Wildman–Crippen MR) is 60.4 cm³/mol. The lowest BCUT2D eigenvalue weighted by Gasteiger charge is -2.03. The molecule has 7 heteroatoms. The lowest BCUT2D eigenvalue weighted by molar-refractivity contribution is 0.0954. The highest BCUT2D eigenvalue weighted by atomic mass is 79.9. The Bertz CT molecular complexity index is 425. The molecule has 1 rings (SSSR count). The highest BCUT2D eigenvalue weighted by Gasteiger charge is 2.07. The minimum absolute atomic E-state index is 0.165. The van der Waals surface area contributed by atoms with E-state index >= 15 is 0 Å². The number of carbonyl (C=O) groups excluding carboxylic acids is 1. The van der Waals surface area contributed by atoms with Gasteiger partial charge in [-0.05, 0) is 23.7 Å². The fraction of sp³-hybridized carbons (Fsp3) is 0.222. The van der Waals surface area contributed by atoms with E-state index in [0.29, 0.717) is 4.47 Å². The second-order valence-electron chi connectivity index (χ2n) is 2.87. The van der Waals surface area contributed by atoms with Gasteiger partial charge in [-0.1, -0.05) is 21.0 Å². The van der Waals surface area contributed by atoms with Crippen molar-refractivity contribution in [3.05, 3.63) is 44.5 Å². The second-order valence-corrected chi connectivity index (χ2v) is 3.78. The van der Waals surface area contributed by atoms with Crippen molar-refractivity contribution in [3.8, 4) is 0 Å². The first-order valence-corrected chi connectivity index (χ1v) is 5.18. The predicted octanol–water partition coefficient (Wildman–Crippen LogP) is 2.63. The zero-order valence-electron chi connectivity index (χ0n) is 8.15. The van der Waals surface area contributed by atoms with E-state index in [4.69, 9.17) is 5.53 Å². The molecule has 0 heterocycles. The molecule has 1 aromatic rings. The molecule has 0 aromatic heterocycles. The molecule has 0 aliphatic rings. The molecule has 0 aliphatic carbocycles. The summed E-state index contributed by atoms with van der Waals surface area (Å²) in [4.78, 5) is 14.0. The number of hydrogen-bond donors (Lipinski definition) is 1. The molecule has 0 aliphatic heterocycles. The molecule has 0 fully saturated rings. The average Bonchev–Trinajstić information content (AvgIpc) is 2.22. The van der Waals surface area contributed by atoms with Gasteiger partial charge in [-0.3, -0.25) is 4.79 Å². The van der Waals surface area contributed by atoms with E-state index in [1.54, 1.807) is 0 Å². The Morgan fingerprint density at radius 3 is 2.94 bits per heavy atom. The molecule has 0 saturated heterocycles. The number of halogens is 2. The van der Waals surface area contributed by atoms with E-state index < -0.39 is 11.7 Å². The van der Waals surface area contributed by atoms with E-state index in [-0.39, 0.29) is 18.7 Å². The van der Waals surface area contributed by atoms with Crippen molar-refractivity contribution in [2.75, 3.05) is 13.1 Å². The molecular weight excluding hydrogens is 279 g/mol. The summed E-state index contributed by atoms with van der Waals surface area (Å²) in [6.07, 6.45) is 0. The van der Waals surface area contributed by atoms with E-state index in [1.807, 2.05) is 0 Å². The number of benzene rings is 1. The molecule has 84 valence electrons. The van der Waals surface area contributed by atoms with Crippen molar-refractivity contribution in [2.45, 2.75) is 0 Å². The van der Waals surface area contributed by atoms with Gasteiger partial charge in [0.2, 0.25) is 0 Å². The van der Waals surface area contributed by atoms with Crippen molar-refractivity contribution in [2.24, 2.45) is 5.11 Å². The molecule has 0 spiro atoms. The average molecular weight is 287 g/mol. The fourth-order valence-electron chi connectivity index (χ4n) is 1.05. The third kappa shape index (κ3) is 3.88. The Morgan fingerprint density at radius 2 is 2.31 bits per heavy atom. The van der Waals surface area contributed by atoms with Gasteiger partial charge >= 0.3 is 0 Å². The SMILES string of the molecule is [N-]=[N+]=NCCNC(=O)c1cc(F)cc(Br)c1. The molecule has 0 radical (unpaired) electrons. The van der Waals surface area contributed by atoms with Crippen molar-refractivity contribution < 1.29 is 9.18 Å². The van der Waals surface area contributed by atoms with Gasteiger partial charge < -0.3 is 5.32 Å². The molecule has 0 atom stereocenters. The maximum atomic E-state index is 13.0. The molecule has 16 heavy (non-hydrogen) atoms. The Morgan fingerprint density at radius 1 is 1.56 bits per heavy atom. The summed E-state index contributed by atoms with van der Waals surface area (Å²) in [5, 5.41) is 5.75. The summed E-state index contributed by atoms with van der Waals surface area (Å²) in [6, 6.07) is 3.90. The summed E-state index contributed by atoms with van der Waals surface area (Å²) < 4.78 is 13.4. The zero-order chi connectivity index (χ0) is 12.0. The maximum Gasteiger partial charge on any atom is 0.251 e. The summed E-state index contributed by atoms with van der Waals surface area (Å²) in [5.74, 6) is -0.900. The van der Waals surface area contributed by atoms with E-state index in [1.165, 1.54) is 12.1 Å². The Hall–Kier alpha value is -1.59. The molecule has 1 N–H and O–H groups in total. The second kappa shape index (κ2) is 6.09. The maximum absolute atomic E-state index is 13.0. The van der Waals surface area contributed by atoms with E-state index in [9.17, 15) is 9.18 Å². The van der Waals surface area contributed by atoms with Gasteiger partial charge in [0.25, 0.3) is 5.91 Å². The first-order chi connectivity index (χ1) is 7.63. The smallest absolute Gasteiger partial charge is 0.251 e. The Kier molecular flexibility index (Phi) is 4.75. The molecule has 0 unspecified atom stereocenters. The monoisotopic (exact) mass is 286 g/mol. The van der Waals surface area contributed by atoms with E-state index in [2.05, 4.69) is 31.3 Å². The first kappa shape index (κ1) is 12.5. The highest BCUT2D eigenvalue weighted by molar-refractivity contribution is 9.10. The van der Waals surface area contributed by atoms with Gasteiger partial charge in [0.05, 0.1) is 0 Å². The number of rotatable bonds is 4.